The average molecular weight is 583 g/mol. The summed E-state index contributed by atoms with van der Waals surface area (Å²) in [5.41, 5.74) is -4.98. The molecular weight excluding hydrogens is 524 g/mol. The van der Waals surface area contributed by atoms with Gasteiger partial charge in [0.15, 0.2) is 0 Å². The molecule has 1 N–H and O–H groups in total. The Balaban J connectivity index is 0.00000411. The van der Waals surface area contributed by atoms with E-state index in [1.165, 1.54) is 7.11 Å². The zero-order chi connectivity index (χ0) is 32.2. The number of carboxylic acids is 1. The van der Waals surface area contributed by atoms with Gasteiger partial charge in [-0.3, -0.25) is 19.2 Å². The van der Waals surface area contributed by atoms with Crippen LogP contribution in [0.25, 0.3) is 0 Å². The first-order valence-corrected chi connectivity index (χ1v) is 15.4. The number of esters is 3. The third-order valence-corrected chi connectivity index (χ3v) is 10.7. The lowest BCUT2D eigenvalue weighted by atomic mass is 9.61. The highest BCUT2D eigenvalue weighted by Crippen LogP contribution is 2.66. The van der Waals surface area contributed by atoms with Crippen molar-refractivity contribution in [3.05, 3.63) is 0 Å². The van der Waals surface area contributed by atoms with E-state index in [0.717, 1.165) is 19.3 Å². The number of rotatable bonds is 13. The summed E-state index contributed by atoms with van der Waals surface area (Å²) in [6.45, 7) is 22.8. The Morgan fingerprint density at radius 1 is 0.829 bits per heavy atom. The molecule has 0 radical (unpaired) electrons. The first-order chi connectivity index (χ1) is 18.7. The Labute approximate surface area is 248 Å². The van der Waals surface area contributed by atoms with Gasteiger partial charge < -0.3 is 19.3 Å². The van der Waals surface area contributed by atoms with Gasteiger partial charge in [-0.05, 0) is 97.8 Å². The van der Waals surface area contributed by atoms with Crippen molar-refractivity contribution in [2.24, 2.45) is 38.4 Å². The van der Waals surface area contributed by atoms with E-state index in [0.29, 0.717) is 12.3 Å². The Morgan fingerprint density at radius 3 is 1.76 bits per heavy atom. The molecule has 0 aromatic carbocycles. The Kier molecular flexibility index (Phi) is 11.7. The lowest BCUT2D eigenvalue weighted by Gasteiger charge is -2.43. The molecule has 2 rings (SSSR count). The predicted molar refractivity (Wildman–Crippen MR) is 159 cm³/mol. The van der Waals surface area contributed by atoms with E-state index in [1.807, 2.05) is 20.8 Å². The van der Waals surface area contributed by atoms with Gasteiger partial charge >= 0.3 is 23.9 Å². The van der Waals surface area contributed by atoms with E-state index >= 15 is 0 Å². The predicted octanol–water partition coefficient (Wildman–Crippen LogP) is 7.22. The molecule has 2 saturated carbocycles. The zero-order valence-corrected chi connectivity index (χ0v) is 28.1. The van der Waals surface area contributed by atoms with Crippen molar-refractivity contribution in [3.8, 4) is 0 Å². The Morgan fingerprint density at radius 2 is 1.37 bits per heavy atom. The van der Waals surface area contributed by atoms with Crippen LogP contribution >= 0.6 is 0 Å². The van der Waals surface area contributed by atoms with Crippen LogP contribution in [-0.2, 0) is 33.4 Å². The van der Waals surface area contributed by atoms with Gasteiger partial charge in [-0.25, -0.2) is 0 Å². The van der Waals surface area contributed by atoms with E-state index in [-0.39, 0.29) is 42.8 Å². The summed E-state index contributed by atoms with van der Waals surface area (Å²) in [6, 6.07) is 0. The highest BCUT2D eigenvalue weighted by molar-refractivity contribution is 5.83. The molecule has 2 aliphatic carbocycles. The largest absolute Gasteiger partial charge is 0.481 e. The Hall–Kier alpha value is -2.12. The molecule has 0 spiro atoms. The molecule has 8 heteroatoms. The molecule has 0 aromatic rings. The van der Waals surface area contributed by atoms with Gasteiger partial charge in [0.05, 0.1) is 35.4 Å². The van der Waals surface area contributed by atoms with Crippen molar-refractivity contribution in [2.75, 3.05) is 13.7 Å². The van der Waals surface area contributed by atoms with Crippen molar-refractivity contribution in [1.29, 1.82) is 0 Å². The molecule has 0 saturated heterocycles. The molecule has 0 amide bonds. The average Bonchev–Trinajstić information content (AvgIpc) is 3.22. The zero-order valence-electron chi connectivity index (χ0n) is 28.1. The van der Waals surface area contributed by atoms with Gasteiger partial charge in [0.1, 0.15) is 6.10 Å². The molecular formula is C33H58O8. The standard InChI is InChI=1S/C31H52O8.C2H6/c1-12-28(7,25(36)39-21-16-20-14-15-31(21,10)27(20,5)6)18-29(8,22(32)33)19-30(9,24(35)37-11)17-26(3,4)23(34)38-13-2;1-2/h20-21H,12-19H2,1-11H3,(H,32,33);1-2H3. The number of ether oxygens (including phenoxy) is 3. The molecule has 41 heavy (non-hydrogen) atoms. The second-order valence-corrected chi connectivity index (χ2v) is 14.5. The smallest absolute Gasteiger partial charge is 0.312 e. The lowest BCUT2D eigenvalue weighted by molar-refractivity contribution is -0.174. The highest BCUT2D eigenvalue weighted by Gasteiger charge is 2.63. The third kappa shape index (κ3) is 7.10. The topological polar surface area (TPSA) is 116 Å². The quantitative estimate of drug-likeness (QED) is 0.179. The summed E-state index contributed by atoms with van der Waals surface area (Å²) in [5, 5.41) is 10.5. The number of aliphatic carboxylic acids is 1. The van der Waals surface area contributed by atoms with Gasteiger partial charge in [-0.1, -0.05) is 41.5 Å². The van der Waals surface area contributed by atoms with Gasteiger partial charge in [-0.15, -0.1) is 0 Å². The summed E-state index contributed by atoms with van der Waals surface area (Å²) in [5.74, 6) is -2.08. The number of hydrogen-bond donors (Lipinski definition) is 1. The summed E-state index contributed by atoms with van der Waals surface area (Å²) in [4.78, 5) is 52.3. The van der Waals surface area contributed by atoms with E-state index in [4.69, 9.17) is 14.2 Å². The fourth-order valence-corrected chi connectivity index (χ4v) is 7.68. The number of carbonyl (C=O) groups is 4. The van der Waals surface area contributed by atoms with Gasteiger partial charge in [0.25, 0.3) is 0 Å². The second kappa shape index (κ2) is 13.0. The van der Waals surface area contributed by atoms with Crippen LogP contribution in [0.2, 0.25) is 0 Å². The lowest BCUT2D eigenvalue weighted by Crippen LogP contribution is -2.47. The van der Waals surface area contributed by atoms with Crippen LogP contribution in [0.4, 0.5) is 0 Å². The molecule has 2 aliphatic rings. The fourth-order valence-electron chi connectivity index (χ4n) is 7.68. The molecule has 2 fully saturated rings. The van der Waals surface area contributed by atoms with Gasteiger partial charge in [-0.2, -0.15) is 0 Å². The fraction of sp³-hybridized carbons (Fsp3) is 0.879. The van der Waals surface area contributed by atoms with E-state index in [2.05, 4.69) is 20.8 Å². The molecule has 0 aliphatic heterocycles. The minimum absolute atomic E-state index is 0.0205. The van der Waals surface area contributed by atoms with E-state index in [1.54, 1.807) is 41.5 Å². The molecule has 0 heterocycles. The van der Waals surface area contributed by atoms with Crippen LogP contribution in [0.15, 0.2) is 0 Å². The summed E-state index contributed by atoms with van der Waals surface area (Å²) >= 11 is 0. The van der Waals surface area contributed by atoms with E-state index < -0.39 is 45.5 Å². The number of hydrogen-bond acceptors (Lipinski definition) is 7. The van der Waals surface area contributed by atoms with Crippen LogP contribution in [0.1, 0.15) is 128 Å². The minimum Gasteiger partial charge on any atom is -0.481 e. The number of methoxy groups -OCH3 is 1. The van der Waals surface area contributed by atoms with Crippen molar-refractivity contribution < 1.29 is 38.5 Å². The molecule has 6 unspecified atom stereocenters. The normalized spacial score (nSPS) is 27.2. The van der Waals surface area contributed by atoms with Crippen LogP contribution in [0, 0.1) is 38.4 Å². The second-order valence-electron chi connectivity index (χ2n) is 14.5. The SMILES string of the molecule is CC.CCOC(=O)C(C)(C)CC(C)(CC(C)(CC(C)(CC)C(=O)OC1CC2CCC1(C)C2(C)C)C(=O)O)C(=O)OC. The maximum Gasteiger partial charge on any atom is 0.312 e. The maximum atomic E-state index is 13.8. The van der Waals surface area contributed by atoms with Crippen molar-refractivity contribution >= 4 is 23.9 Å². The summed E-state index contributed by atoms with van der Waals surface area (Å²) in [6.07, 6.45) is 3.03. The minimum atomic E-state index is -1.48. The molecule has 8 nitrogen and oxygen atoms in total. The number of carboxylic acid groups (broad SMARTS) is 1. The van der Waals surface area contributed by atoms with Crippen molar-refractivity contribution in [2.45, 2.75) is 134 Å². The maximum absolute atomic E-state index is 13.8. The van der Waals surface area contributed by atoms with Crippen LogP contribution in [0.5, 0.6) is 0 Å². The third-order valence-electron chi connectivity index (χ3n) is 10.7. The molecule has 238 valence electrons. The number of fused-ring (bicyclic) bond motifs is 2. The monoisotopic (exact) mass is 582 g/mol. The summed E-state index contributed by atoms with van der Waals surface area (Å²) in [7, 11) is 1.25. The van der Waals surface area contributed by atoms with Crippen molar-refractivity contribution in [1.82, 2.24) is 0 Å². The molecule has 2 bridgehead atoms. The van der Waals surface area contributed by atoms with Crippen molar-refractivity contribution in [3.63, 3.8) is 0 Å². The van der Waals surface area contributed by atoms with Crippen LogP contribution in [-0.4, -0.2) is 48.8 Å². The molecule has 0 aromatic heterocycles. The highest BCUT2D eigenvalue weighted by atomic mass is 16.5. The van der Waals surface area contributed by atoms with Gasteiger partial charge in [0, 0.05) is 5.41 Å². The van der Waals surface area contributed by atoms with E-state index in [9.17, 15) is 24.3 Å². The summed E-state index contributed by atoms with van der Waals surface area (Å²) < 4.78 is 16.5. The first-order valence-electron chi connectivity index (χ1n) is 15.4. The van der Waals surface area contributed by atoms with Gasteiger partial charge in [0.2, 0.25) is 0 Å². The number of carbonyl (C=O) groups excluding carboxylic acids is 3. The molecule has 6 atom stereocenters. The van der Waals surface area contributed by atoms with Crippen LogP contribution < -0.4 is 0 Å². The van der Waals surface area contributed by atoms with Crippen LogP contribution in [0.3, 0.4) is 0 Å². The Bertz CT molecular complexity index is 970. The first kappa shape index (κ1) is 36.9.